The number of nitrogens with zero attached hydrogens (tertiary/aromatic N) is 3. The van der Waals surface area contributed by atoms with E-state index < -0.39 is 5.54 Å². The average Bonchev–Trinajstić information content (AvgIpc) is 2.65. The van der Waals surface area contributed by atoms with Gasteiger partial charge in [0.15, 0.2) is 0 Å². The van der Waals surface area contributed by atoms with Crippen LogP contribution >= 0.6 is 11.6 Å². The quantitative estimate of drug-likeness (QED) is 0.631. The number of carbonyl (C=O) groups is 1. The van der Waals surface area contributed by atoms with Crippen LogP contribution in [-0.2, 0) is 6.54 Å². The van der Waals surface area contributed by atoms with E-state index >= 15 is 0 Å². The molecule has 0 amide bonds. The van der Waals surface area contributed by atoms with Gasteiger partial charge in [0.05, 0.1) is 16.8 Å². The second-order valence-electron chi connectivity index (χ2n) is 5.83. The predicted octanol–water partition coefficient (Wildman–Crippen LogP) is 3.39. The van der Waals surface area contributed by atoms with Gasteiger partial charge >= 0.3 is 0 Å². The third-order valence-electron chi connectivity index (χ3n) is 4.52. The van der Waals surface area contributed by atoms with Gasteiger partial charge in [-0.2, -0.15) is 5.10 Å². The lowest BCUT2D eigenvalue weighted by molar-refractivity contribution is 0.0623. The summed E-state index contributed by atoms with van der Waals surface area (Å²) in [6, 6.07) is 0. The van der Waals surface area contributed by atoms with Gasteiger partial charge in [0.25, 0.3) is 0 Å². The highest BCUT2D eigenvalue weighted by Gasteiger charge is 2.43. The molecule has 1 aromatic rings. The van der Waals surface area contributed by atoms with Gasteiger partial charge in [-0.05, 0) is 33.9 Å². The maximum Gasteiger partial charge on any atom is 0.202 e. The van der Waals surface area contributed by atoms with Crippen molar-refractivity contribution in [2.75, 3.05) is 14.1 Å². The number of ketones is 1. The number of carbonyl (C=O) groups excluding carboxylic acids is 1. The van der Waals surface area contributed by atoms with Crippen molar-refractivity contribution < 1.29 is 4.79 Å². The van der Waals surface area contributed by atoms with Crippen LogP contribution in [0.25, 0.3) is 0 Å². The SMILES string of the molecule is CCn1ncc(Cl)c1C(=O)C1(N(C)C)CCCCCC1. The van der Waals surface area contributed by atoms with Crippen molar-refractivity contribution in [2.45, 2.75) is 57.5 Å². The first-order valence-corrected chi connectivity index (χ1v) is 7.84. The highest BCUT2D eigenvalue weighted by molar-refractivity contribution is 6.34. The first kappa shape index (κ1) is 15.5. The van der Waals surface area contributed by atoms with Crippen molar-refractivity contribution in [1.82, 2.24) is 14.7 Å². The van der Waals surface area contributed by atoms with Gasteiger partial charge in [0.2, 0.25) is 5.78 Å². The molecule has 5 heteroatoms. The summed E-state index contributed by atoms with van der Waals surface area (Å²) in [5.74, 6) is 0.133. The molecule has 1 aromatic heterocycles. The van der Waals surface area contributed by atoms with E-state index in [1.165, 1.54) is 12.8 Å². The lowest BCUT2D eigenvalue weighted by Crippen LogP contribution is -2.51. The maximum absolute atomic E-state index is 13.2. The molecule has 4 nitrogen and oxygen atoms in total. The van der Waals surface area contributed by atoms with E-state index in [1.54, 1.807) is 10.9 Å². The molecule has 0 unspecified atom stereocenters. The number of hydrogen-bond donors (Lipinski definition) is 0. The largest absolute Gasteiger partial charge is 0.297 e. The van der Waals surface area contributed by atoms with E-state index in [-0.39, 0.29) is 5.78 Å². The molecular weight excluding hydrogens is 274 g/mol. The Labute approximate surface area is 126 Å². The Morgan fingerprint density at radius 3 is 2.45 bits per heavy atom. The Balaban J connectivity index is 2.43. The van der Waals surface area contributed by atoms with Crippen LogP contribution in [0.5, 0.6) is 0 Å². The Bertz CT molecular complexity index is 473. The lowest BCUT2D eigenvalue weighted by Gasteiger charge is -2.38. The molecule has 0 atom stereocenters. The zero-order chi connectivity index (χ0) is 14.8. The molecule has 0 saturated heterocycles. The second kappa shape index (κ2) is 6.27. The van der Waals surface area contributed by atoms with Gasteiger partial charge < -0.3 is 0 Å². The average molecular weight is 298 g/mol. The van der Waals surface area contributed by atoms with Gasteiger partial charge in [-0.25, -0.2) is 0 Å². The van der Waals surface area contributed by atoms with Crippen molar-refractivity contribution in [2.24, 2.45) is 0 Å². The zero-order valence-electron chi connectivity index (χ0n) is 12.7. The molecule has 1 fully saturated rings. The van der Waals surface area contributed by atoms with Crippen LogP contribution in [0.4, 0.5) is 0 Å². The van der Waals surface area contributed by atoms with Crippen molar-refractivity contribution in [3.05, 3.63) is 16.9 Å². The van der Waals surface area contributed by atoms with Crippen molar-refractivity contribution in [1.29, 1.82) is 0 Å². The van der Waals surface area contributed by atoms with Gasteiger partial charge in [0, 0.05) is 6.54 Å². The molecule has 0 radical (unpaired) electrons. The molecule has 1 saturated carbocycles. The van der Waals surface area contributed by atoms with Crippen molar-refractivity contribution in [3.8, 4) is 0 Å². The number of aromatic nitrogens is 2. The Kier molecular flexibility index (Phi) is 4.86. The second-order valence-corrected chi connectivity index (χ2v) is 6.23. The van der Waals surface area contributed by atoms with Crippen LogP contribution in [0.15, 0.2) is 6.20 Å². The van der Waals surface area contributed by atoms with Gasteiger partial charge in [-0.1, -0.05) is 37.3 Å². The van der Waals surface area contributed by atoms with Crippen LogP contribution in [-0.4, -0.2) is 40.1 Å². The Morgan fingerprint density at radius 2 is 1.95 bits per heavy atom. The van der Waals surface area contributed by atoms with Crippen LogP contribution in [0.1, 0.15) is 55.9 Å². The van der Waals surface area contributed by atoms with E-state index in [1.807, 2.05) is 21.0 Å². The monoisotopic (exact) mass is 297 g/mol. The van der Waals surface area contributed by atoms with Gasteiger partial charge in [0.1, 0.15) is 5.69 Å². The minimum absolute atomic E-state index is 0.133. The summed E-state index contributed by atoms with van der Waals surface area (Å²) in [6.45, 7) is 2.65. The molecule has 20 heavy (non-hydrogen) atoms. The minimum atomic E-state index is -0.424. The summed E-state index contributed by atoms with van der Waals surface area (Å²) in [4.78, 5) is 15.3. The summed E-state index contributed by atoms with van der Waals surface area (Å²) in [7, 11) is 4.01. The number of hydrogen-bond acceptors (Lipinski definition) is 3. The van der Waals surface area contributed by atoms with E-state index in [0.717, 1.165) is 25.7 Å². The molecule has 1 heterocycles. The summed E-state index contributed by atoms with van der Waals surface area (Å²) < 4.78 is 1.72. The van der Waals surface area contributed by atoms with Crippen LogP contribution in [0, 0.1) is 0 Å². The Hall–Kier alpha value is -0.870. The number of rotatable bonds is 4. The van der Waals surface area contributed by atoms with Gasteiger partial charge in [-0.3, -0.25) is 14.4 Å². The smallest absolute Gasteiger partial charge is 0.202 e. The van der Waals surface area contributed by atoms with E-state index in [4.69, 9.17) is 11.6 Å². The normalized spacial score (nSPS) is 19.1. The fourth-order valence-corrected chi connectivity index (χ4v) is 3.47. The number of Topliss-reactive ketones (excluding diaryl/α,β-unsaturated/α-hetero) is 1. The molecule has 2 rings (SSSR count). The number of likely N-dealkylation sites (N-methyl/N-ethyl adjacent to an activating group) is 1. The highest BCUT2D eigenvalue weighted by atomic mass is 35.5. The third kappa shape index (κ3) is 2.63. The van der Waals surface area contributed by atoms with Gasteiger partial charge in [-0.15, -0.1) is 0 Å². The third-order valence-corrected chi connectivity index (χ3v) is 4.80. The zero-order valence-corrected chi connectivity index (χ0v) is 13.4. The molecule has 112 valence electrons. The van der Waals surface area contributed by atoms with E-state index in [2.05, 4.69) is 10.00 Å². The maximum atomic E-state index is 13.2. The molecule has 0 spiro atoms. The summed E-state index contributed by atoms with van der Waals surface area (Å²) in [6.07, 6.45) is 8.02. The topological polar surface area (TPSA) is 38.1 Å². The highest BCUT2D eigenvalue weighted by Crippen LogP contribution is 2.35. The van der Waals surface area contributed by atoms with Crippen molar-refractivity contribution in [3.63, 3.8) is 0 Å². The predicted molar refractivity (Wildman–Crippen MR) is 81.4 cm³/mol. The van der Waals surface area contributed by atoms with Crippen molar-refractivity contribution >= 4 is 17.4 Å². The standard InChI is InChI=1S/C15H24ClN3O/c1-4-19-13(12(16)11-17-19)14(20)15(18(2)3)9-7-5-6-8-10-15/h11H,4-10H2,1-3H3. The fourth-order valence-electron chi connectivity index (χ4n) is 3.24. The fraction of sp³-hybridized carbons (Fsp3) is 0.733. The summed E-state index contributed by atoms with van der Waals surface area (Å²) in [5, 5.41) is 4.68. The first-order valence-electron chi connectivity index (χ1n) is 7.46. The van der Waals surface area contributed by atoms with Crippen LogP contribution in [0.2, 0.25) is 5.02 Å². The molecule has 0 bridgehead atoms. The number of halogens is 1. The molecule has 1 aliphatic rings. The van der Waals surface area contributed by atoms with Crippen LogP contribution < -0.4 is 0 Å². The first-order chi connectivity index (χ1) is 9.53. The Morgan fingerprint density at radius 1 is 1.35 bits per heavy atom. The van der Waals surface area contributed by atoms with E-state index in [9.17, 15) is 4.79 Å². The van der Waals surface area contributed by atoms with Crippen LogP contribution in [0.3, 0.4) is 0 Å². The number of aryl methyl sites for hydroxylation is 1. The summed E-state index contributed by atoms with van der Waals surface area (Å²) in [5.41, 5.74) is 0.150. The lowest BCUT2D eigenvalue weighted by atomic mass is 9.83. The summed E-state index contributed by atoms with van der Waals surface area (Å²) >= 11 is 6.22. The molecule has 1 aliphatic carbocycles. The minimum Gasteiger partial charge on any atom is -0.297 e. The van der Waals surface area contributed by atoms with E-state index in [0.29, 0.717) is 17.3 Å². The molecule has 0 aliphatic heterocycles. The molecule has 0 aromatic carbocycles. The molecule has 0 N–H and O–H groups in total. The molecular formula is C15H24ClN3O.